The molecule has 4 rings (SSSR count). The number of anilines is 2. The van der Waals surface area contributed by atoms with Crippen molar-refractivity contribution in [1.29, 1.82) is 0 Å². The van der Waals surface area contributed by atoms with Crippen LogP contribution in [-0.2, 0) is 0 Å². The topological polar surface area (TPSA) is 58.1 Å². The summed E-state index contributed by atoms with van der Waals surface area (Å²) in [4.78, 5) is 14.7. The highest BCUT2D eigenvalue weighted by Gasteiger charge is 2.25. The quantitative estimate of drug-likeness (QED) is 0.921. The van der Waals surface area contributed by atoms with Gasteiger partial charge >= 0.3 is 0 Å². The summed E-state index contributed by atoms with van der Waals surface area (Å²) >= 11 is 0. The molecule has 1 saturated carbocycles. The fourth-order valence-electron chi connectivity index (χ4n) is 3.28. The first-order valence-corrected chi connectivity index (χ1v) is 9.19. The molecule has 2 heterocycles. The third-order valence-electron chi connectivity index (χ3n) is 5.19. The van der Waals surface area contributed by atoms with Crippen LogP contribution in [-0.4, -0.2) is 29.2 Å². The lowest BCUT2D eigenvalue weighted by molar-refractivity contribution is 0.102. The van der Waals surface area contributed by atoms with Crippen LogP contribution in [0.4, 0.5) is 11.4 Å². The van der Waals surface area contributed by atoms with E-state index in [0.29, 0.717) is 11.6 Å². The Morgan fingerprint density at radius 2 is 1.72 bits per heavy atom. The number of hydrogen-bond acceptors (Lipinski definition) is 4. The van der Waals surface area contributed by atoms with Gasteiger partial charge in [-0.05, 0) is 68.0 Å². The number of nitrogens with zero attached hydrogens (tertiary/aromatic N) is 3. The number of piperidine rings is 1. The van der Waals surface area contributed by atoms with Crippen LogP contribution in [0.1, 0.15) is 54.7 Å². The highest BCUT2D eigenvalue weighted by molar-refractivity contribution is 6.02. The van der Waals surface area contributed by atoms with Crippen LogP contribution in [0.3, 0.4) is 0 Å². The molecule has 5 heteroatoms. The van der Waals surface area contributed by atoms with Crippen molar-refractivity contribution in [3.63, 3.8) is 0 Å². The van der Waals surface area contributed by atoms with Gasteiger partial charge in [0.25, 0.3) is 5.91 Å². The molecule has 0 radical (unpaired) electrons. The van der Waals surface area contributed by atoms with E-state index in [9.17, 15) is 4.79 Å². The Labute approximate surface area is 148 Å². The highest BCUT2D eigenvalue weighted by Crippen LogP contribution is 2.38. The zero-order valence-electron chi connectivity index (χ0n) is 14.6. The SMILES string of the molecule is CC1CCN(c2ccc(NC(=O)c3ccc(C4CC4)nn3)cc2)CC1. The summed E-state index contributed by atoms with van der Waals surface area (Å²) in [6, 6.07) is 11.7. The number of carbonyl (C=O) groups excluding carboxylic acids is 1. The lowest BCUT2D eigenvalue weighted by Gasteiger charge is -2.32. The number of benzene rings is 1. The van der Waals surface area contributed by atoms with Crippen molar-refractivity contribution in [2.24, 2.45) is 5.92 Å². The number of rotatable bonds is 4. The molecule has 25 heavy (non-hydrogen) atoms. The Hall–Kier alpha value is -2.43. The maximum absolute atomic E-state index is 12.3. The van der Waals surface area contributed by atoms with Crippen LogP contribution < -0.4 is 10.2 Å². The number of carbonyl (C=O) groups is 1. The third-order valence-corrected chi connectivity index (χ3v) is 5.19. The van der Waals surface area contributed by atoms with Crippen LogP contribution in [0.2, 0.25) is 0 Å². The lowest BCUT2D eigenvalue weighted by Crippen LogP contribution is -2.32. The molecule has 0 bridgehead atoms. The predicted octanol–water partition coefficient (Wildman–Crippen LogP) is 3.84. The molecule has 1 aromatic carbocycles. The number of hydrogen-bond donors (Lipinski definition) is 1. The van der Waals surface area contributed by atoms with Crippen molar-refractivity contribution in [2.45, 2.75) is 38.5 Å². The van der Waals surface area contributed by atoms with Gasteiger partial charge in [0.2, 0.25) is 0 Å². The van der Waals surface area contributed by atoms with Crippen molar-refractivity contribution in [3.8, 4) is 0 Å². The van der Waals surface area contributed by atoms with E-state index < -0.39 is 0 Å². The highest BCUT2D eigenvalue weighted by atomic mass is 16.1. The molecule has 2 aliphatic rings. The largest absolute Gasteiger partial charge is 0.372 e. The van der Waals surface area contributed by atoms with E-state index in [4.69, 9.17) is 0 Å². The average Bonchev–Trinajstić information content (AvgIpc) is 3.48. The standard InChI is InChI=1S/C20H24N4O/c1-14-10-12-24(13-11-14)17-6-4-16(5-7-17)21-20(25)19-9-8-18(22-23-19)15-2-3-15/h4-9,14-15H,2-3,10-13H2,1H3,(H,21,25). The smallest absolute Gasteiger partial charge is 0.276 e. The number of amides is 1. The summed E-state index contributed by atoms with van der Waals surface area (Å²) in [6.07, 6.45) is 4.85. The van der Waals surface area contributed by atoms with E-state index in [1.165, 1.54) is 31.4 Å². The molecule has 1 aliphatic carbocycles. The molecule has 0 unspecified atom stereocenters. The molecule has 0 spiro atoms. The molecule has 1 N–H and O–H groups in total. The molecule has 1 aliphatic heterocycles. The van der Waals surface area contributed by atoms with Crippen LogP contribution in [0.5, 0.6) is 0 Å². The maximum atomic E-state index is 12.3. The predicted molar refractivity (Wildman–Crippen MR) is 99.0 cm³/mol. The Kier molecular flexibility index (Phi) is 4.38. The minimum Gasteiger partial charge on any atom is -0.372 e. The lowest BCUT2D eigenvalue weighted by atomic mass is 9.99. The van der Waals surface area contributed by atoms with Crippen molar-refractivity contribution in [3.05, 3.63) is 47.8 Å². The molecule has 0 atom stereocenters. The minimum atomic E-state index is -0.214. The molecule has 1 saturated heterocycles. The normalized spacial score (nSPS) is 18.2. The first-order chi connectivity index (χ1) is 12.2. The van der Waals surface area contributed by atoms with E-state index in [0.717, 1.165) is 30.4 Å². The second-order valence-corrected chi connectivity index (χ2v) is 7.29. The van der Waals surface area contributed by atoms with Crippen molar-refractivity contribution in [1.82, 2.24) is 10.2 Å². The molecule has 1 amide bonds. The zero-order valence-corrected chi connectivity index (χ0v) is 14.6. The van der Waals surface area contributed by atoms with E-state index in [1.807, 2.05) is 18.2 Å². The first-order valence-electron chi connectivity index (χ1n) is 9.19. The Morgan fingerprint density at radius 1 is 1.00 bits per heavy atom. The van der Waals surface area contributed by atoms with Gasteiger partial charge in [-0.2, -0.15) is 5.10 Å². The van der Waals surface area contributed by atoms with Gasteiger partial charge in [-0.15, -0.1) is 5.10 Å². The molecule has 1 aromatic heterocycles. The average molecular weight is 336 g/mol. The fraction of sp³-hybridized carbons (Fsp3) is 0.450. The van der Waals surface area contributed by atoms with Crippen LogP contribution in [0.15, 0.2) is 36.4 Å². The number of nitrogens with one attached hydrogen (secondary N) is 1. The summed E-state index contributed by atoms with van der Waals surface area (Å²) in [6.45, 7) is 4.53. The monoisotopic (exact) mass is 336 g/mol. The Balaban J connectivity index is 1.37. The van der Waals surface area contributed by atoms with Gasteiger partial charge < -0.3 is 10.2 Å². The zero-order chi connectivity index (χ0) is 17.2. The molecular formula is C20H24N4O. The van der Waals surface area contributed by atoms with Gasteiger partial charge in [-0.3, -0.25) is 4.79 Å². The van der Waals surface area contributed by atoms with Crippen LogP contribution in [0, 0.1) is 5.92 Å². The van der Waals surface area contributed by atoms with E-state index in [1.54, 1.807) is 6.07 Å². The second-order valence-electron chi connectivity index (χ2n) is 7.29. The molecular weight excluding hydrogens is 312 g/mol. The van der Waals surface area contributed by atoms with Crippen molar-refractivity contribution >= 4 is 17.3 Å². The van der Waals surface area contributed by atoms with Gasteiger partial charge in [0.15, 0.2) is 5.69 Å². The molecule has 2 aromatic rings. The summed E-state index contributed by atoms with van der Waals surface area (Å²) in [7, 11) is 0. The molecule has 130 valence electrons. The fourth-order valence-corrected chi connectivity index (χ4v) is 3.28. The van der Waals surface area contributed by atoms with Gasteiger partial charge in [-0.1, -0.05) is 6.92 Å². The third kappa shape index (κ3) is 3.81. The van der Waals surface area contributed by atoms with Gasteiger partial charge in [0.1, 0.15) is 0 Å². The Morgan fingerprint density at radius 3 is 2.32 bits per heavy atom. The number of aromatic nitrogens is 2. The van der Waals surface area contributed by atoms with E-state index in [-0.39, 0.29) is 5.91 Å². The van der Waals surface area contributed by atoms with Gasteiger partial charge in [0.05, 0.1) is 5.69 Å². The summed E-state index contributed by atoms with van der Waals surface area (Å²) in [5.74, 6) is 1.16. The summed E-state index contributed by atoms with van der Waals surface area (Å²) in [5, 5.41) is 11.1. The second kappa shape index (κ2) is 6.82. The van der Waals surface area contributed by atoms with Gasteiger partial charge in [-0.25, -0.2) is 0 Å². The molecule has 2 fully saturated rings. The van der Waals surface area contributed by atoms with E-state index in [2.05, 4.69) is 39.5 Å². The Bertz CT molecular complexity index is 729. The molecule has 5 nitrogen and oxygen atoms in total. The van der Waals surface area contributed by atoms with Crippen LogP contribution in [0.25, 0.3) is 0 Å². The van der Waals surface area contributed by atoms with Crippen molar-refractivity contribution in [2.75, 3.05) is 23.3 Å². The van der Waals surface area contributed by atoms with E-state index >= 15 is 0 Å². The van der Waals surface area contributed by atoms with Crippen molar-refractivity contribution < 1.29 is 4.79 Å². The van der Waals surface area contributed by atoms with Gasteiger partial charge in [0, 0.05) is 30.4 Å². The summed E-state index contributed by atoms with van der Waals surface area (Å²) < 4.78 is 0. The first kappa shape index (κ1) is 16.1. The maximum Gasteiger partial charge on any atom is 0.276 e. The minimum absolute atomic E-state index is 0.214. The summed E-state index contributed by atoms with van der Waals surface area (Å²) in [5.41, 5.74) is 3.36. The van der Waals surface area contributed by atoms with Crippen LogP contribution >= 0.6 is 0 Å².